The van der Waals surface area contributed by atoms with Gasteiger partial charge < -0.3 is 4.74 Å². The number of nitrogens with one attached hydrogen (secondary N) is 1. The average molecular weight is 476 g/mol. The molecule has 0 radical (unpaired) electrons. The lowest BCUT2D eigenvalue weighted by molar-refractivity contribution is 0.306. The molecule has 0 fully saturated rings. The van der Waals surface area contributed by atoms with Crippen molar-refractivity contribution in [3.63, 3.8) is 0 Å². The van der Waals surface area contributed by atoms with Crippen molar-refractivity contribution in [3.05, 3.63) is 126 Å². The van der Waals surface area contributed by atoms with E-state index in [0.717, 1.165) is 43.7 Å². The molecule has 35 heavy (non-hydrogen) atoms. The molecule has 0 atom stereocenters. The van der Waals surface area contributed by atoms with E-state index in [9.17, 15) is 0 Å². The van der Waals surface area contributed by atoms with Gasteiger partial charge in [0.25, 0.3) is 0 Å². The minimum Gasteiger partial charge on any atom is -0.489 e. The molecule has 0 aliphatic rings. The van der Waals surface area contributed by atoms with E-state index in [2.05, 4.69) is 66.0 Å². The van der Waals surface area contributed by atoms with Crippen LogP contribution in [0, 0.1) is 6.92 Å². The van der Waals surface area contributed by atoms with E-state index in [0.29, 0.717) is 6.61 Å². The van der Waals surface area contributed by atoms with Crippen LogP contribution in [0.1, 0.15) is 16.7 Å². The number of hydrogen-bond acceptors (Lipinski definition) is 5. The zero-order valence-electron chi connectivity index (χ0n) is 19.4. The van der Waals surface area contributed by atoms with Crippen molar-refractivity contribution in [2.45, 2.75) is 13.5 Å². The lowest BCUT2D eigenvalue weighted by Gasteiger charge is -2.06. The highest BCUT2D eigenvalue weighted by atomic mass is 32.1. The normalized spacial score (nSPS) is 11.0. The van der Waals surface area contributed by atoms with Gasteiger partial charge in [-0.1, -0.05) is 102 Å². The summed E-state index contributed by atoms with van der Waals surface area (Å²) in [6.45, 7) is 2.63. The molecule has 172 valence electrons. The van der Waals surface area contributed by atoms with Gasteiger partial charge in [-0.15, -0.1) is 0 Å². The third-order valence-corrected chi connectivity index (χ3v) is 6.50. The molecule has 5 aromatic rings. The van der Waals surface area contributed by atoms with Gasteiger partial charge in [-0.05, 0) is 47.9 Å². The van der Waals surface area contributed by atoms with E-state index >= 15 is 0 Å². The van der Waals surface area contributed by atoms with Gasteiger partial charge in [0.05, 0.1) is 16.8 Å². The van der Waals surface area contributed by atoms with Crippen LogP contribution in [-0.2, 0) is 6.61 Å². The first-order valence-corrected chi connectivity index (χ1v) is 12.3. The van der Waals surface area contributed by atoms with E-state index in [-0.39, 0.29) is 0 Å². The highest BCUT2D eigenvalue weighted by molar-refractivity contribution is 7.19. The van der Waals surface area contributed by atoms with Gasteiger partial charge in [0.2, 0.25) is 5.13 Å². The molecule has 1 heterocycles. The minimum absolute atomic E-state index is 0.548. The molecule has 0 saturated heterocycles. The first kappa shape index (κ1) is 22.6. The van der Waals surface area contributed by atoms with Crippen LogP contribution < -0.4 is 10.2 Å². The second kappa shape index (κ2) is 10.8. The molecule has 0 spiro atoms. The van der Waals surface area contributed by atoms with Crippen molar-refractivity contribution in [2.75, 3.05) is 5.43 Å². The van der Waals surface area contributed by atoms with Crippen LogP contribution in [0.3, 0.4) is 0 Å². The molecule has 0 bridgehead atoms. The van der Waals surface area contributed by atoms with Crippen LogP contribution in [0.5, 0.6) is 5.75 Å². The van der Waals surface area contributed by atoms with Gasteiger partial charge in [0, 0.05) is 5.56 Å². The molecular weight excluding hydrogens is 450 g/mol. The molecule has 0 amide bonds. The number of nitrogens with zero attached hydrogens (tertiary/aromatic N) is 2. The highest BCUT2D eigenvalue weighted by Gasteiger charge is 2.14. The number of thiazole rings is 1. The number of aryl methyl sites for hydroxylation is 1. The number of aromatic nitrogens is 1. The van der Waals surface area contributed by atoms with Gasteiger partial charge in [-0.2, -0.15) is 5.10 Å². The molecule has 5 rings (SSSR count). The zero-order chi connectivity index (χ0) is 23.9. The Morgan fingerprint density at radius 1 is 0.800 bits per heavy atom. The van der Waals surface area contributed by atoms with E-state index in [1.54, 1.807) is 17.6 Å². The van der Waals surface area contributed by atoms with Crippen molar-refractivity contribution in [1.29, 1.82) is 0 Å². The predicted molar refractivity (Wildman–Crippen MR) is 146 cm³/mol. The van der Waals surface area contributed by atoms with E-state index < -0.39 is 0 Å². The predicted octanol–water partition coefficient (Wildman–Crippen LogP) is 7.81. The van der Waals surface area contributed by atoms with Gasteiger partial charge in [-0.25, -0.2) is 4.98 Å². The molecule has 4 nitrogen and oxygen atoms in total. The Morgan fingerprint density at radius 3 is 2.14 bits per heavy atom. The maximum Gasteiger partial charge on any atom is 0.204 e. The van der Waals surface area contributed by atoms with Crippen LogP contribution in [0.4, 0.5) is 5.13 Å². The Balaban J connectivity index is 1.26. The SMILES string of the molecule is Cc1ccc(COc2ccc(/C=N\Nc3nc(-c4ccccc4)c(-c4ccccc4)s3)cc2)cc1. The molecule has 0 aliphatic heterocycles. The largest absolute Gasteiger partial charge is 0.489 e. The fourth-order valence-electron chi connectivity index (χ4n) is 3.61. The number of benzene rings is 4. The summed E-state index contributed by atoms with van der Waals surface area (Å²) >= 11 is 1.59. The third-order valence-electron chi connectivity index (χ3n) is 5.49. The maximum atomic E-state index is 5.89. The molecule has 1 N–H and O–H groups in total. The smallest absolute Gasteiger partial charge is 0.204 e. The molecule has 0 aliphatic carbocycles. The van der Waals surface area contributed by atoms with Crippen molar-refractivity contribution in [2.24, 2.45) is 5.10 Å². The molecule has 5 heteroatoms. The summed E-state index contributed by atoms with van der Waals surface area (Å²) in [5, 5.41) is 5.16. The van der Waals surface area contributed by atoms with Crippen LogP contribution >= 0.6 is 11.3 Å². The fourth-order valence-corrected chi connectivity index (χ4v) is 4.55. The summed E-state index contributed by atoms with van der Waals surface area (Å²) in [5.74, 6) is 0.829. The van der Waals surface area contributed by atoms with E-state index in [1.165, 1.54) is 5.56 Å². The average Bonchev–Trinajstić information content (AvgIpc) is 3.34. The molecule has 4 aromatic carbocycles. The number of anilines is 1. The molecular formula is C30H25N3OS. The van der Waals surface area contributed by atoms with Crippen molar-refractivity contribution in [3.8, 4) is 27.4 Å². The molecule has 0 unspecified atom stereocenters. The summed E-state index contributed by atoms with van der Waals surface area (Å²) < 4.78 is 5.89. The van der Waals surface area contributed by atoms with Crippen LogP contribution in [0.15, 0.2) is 114 Å². The second-order valence-corrected chi connectivity index (χ2v) is 9.14. The van der Waals surface area contributed by atoms with Gasteiger partial charge in [-0.3, -0.25) is 5.43 Å². The van der Waals surface area contributed by atoms with E-state index in [4.69, 9.17) is 9.72 Å². The van der Waals surface area contributed by atoms with Gasteiger partial charge in [0.15, 0.2) is 0 Å². The van der Waals surface area contributed by atoms with Crippen molar-refractivity contribution in [1.82, 2.24) is 4.98 Å². The first-order chi connectivity index (χ1) is 17.2. The lowest BCUT2D eigenvalue weighted by atomic mass is 10.1. The standard InChI is InChI=1S/C30H25N3OS/c1-22-12-14-24(15-13-22)21-34-27-18-16-23(17-19-27)20-31-33-30-32-28(25-8-4-2-5-9-25)29(35-30)26-10-6-3-7-11-26/h2-20H,21H2,1H3,(H,32,33)/b31-20-. The number of hydrazone groups is 1. The monoisotopic (exact) mass is 475 g/mol. The summed E-state index contributed by atoms with van der Waals surface area (Å²) in [5.41, 5.74) is 9.66. The third kappa shape index (κ3) is 5.83. The topological polar surface area (TPSA) is 46.5 Å². The highest BCUT2D eigenvalue weighted by Crippen LogP contribution is 2.38. The summed E-state index contributed by atoms with van der Waals surface area (Å²) in [7, 11) is 0. The Bertz CT molecular complexity index is 1340. The number of rotatable bonds is 8. The Hall–Kier alpha value is -4.22. The van der Waals surface area contributed by atoms with Crippen LogP contribution in [0.25, 0.3) is 21.7 Å². The zero-order valence-corrected chi connectivity index (χ0v) is 20.2. The minimum atomic E-state index is 0.548. The maximum absolute atomic E-state index is 5.89. The van der Waals surface area contributed by atoms with Gasteiger partial charge >= 0.3 is 0 Å². The Labute approximate surface area is 209 Å². The fraction of sp³-hybridized carbons (Fsp3) is 0.0667. The van der Waals surface area contributed by atoms with Crippen LogP contribution in [0.2, 0.25) is 0 Å². The van der Waals surface area contributed by atoms with E-state index in [1.807, 2.05) is 60.7 Å². The Kier molecular flexibility index (Phi) is 6.97. The number of hydrogen-bond donors (Lipinski definition) is 1. The second-order valence-electron chi connectivity index (χ2n) is 8.14. The lowest BCUT2D eigenvalue weighted by Crippen LogP contribution is -1.95. The Morgan fingerprint density at radius 2 is 1.46 bits per heavy atom. The summed E-state index contributed by atoms with van der Waals surface area (Å²) in [6.07, 6.45) is 1.79. The number of ether oxygens (including phenoxy) is 1. The summed E-state index contributed by atoms with van der Waals surface area (Å²) in [6, 6.07) is 36.8. The van der Waals surface area contributed by atoms with Gasteiger partial charge in [0.1, 0.15) is 12.4 Å². The summed E-state index contributed by atoms with van der Waals surface area (Å²) in [4.78, 5) is 5.95. The van der Waals surface area contributed by atoms with Crippen molar-refractivity contribution >= 4 is 22.7 Å². The molecule has 1 aromatic heterocycles. The molecule has 0 saturated carbocycles. The first-order valence-electron chi connectivity index (χ1n) is 11.4. The quantitative estimate of drug-likeness (QED) is 0.184. The van der Waals surface area contributed by atoms with Crippen LogP contribution in [-0.4, -0.2) is 11.2 Å². The van der Waals surface area contributed by atoms with Crippen molar-refractivity contribution < 1.29 is 4.74 Å².